The molecule has 0 atom stereocenters. The Morgan fingerprint density at radius 3 is 2.59 bits per heavy atom. The molecule has 1 aromatic carbocycles. The van der Waals surface area contributed by atoms with Crippen LogP contribution in [0.3, 0.4) is 0 Å². The van der Waals surface area contributed by atoms with Gasteiger partial charge in [0.05, 0.1) is 6.54 Å². The van der Waals surface area contributed by atoms with E-state index in [1.165, 1.54) is 0 Å². The van der Waals surface area contributed by atoms with Crippen LogP contribution in [0.25, 0.3) is 0 Å². The van der Waals surface area contributed by atoms with E-state index in [1.807, 2.05) is 25.1 Å². The minimum atomic E-state index is 0.280. The highest BCUT2D eigenvalue weighted by molar-refractivity contribution is 5.80. The fraction of sp³-hybridized carbons (Fsp3) is 0.429. The number of aromatic nitrogens is 1. The number of aryl methyl sites for hydroxylation is 1. The summed E-state index contributed by atoms with van der Waals surface area (Å²) < 4.78 is 0. The van der Waals surface area contributed by atoms with Gasteiger partial charge < -0.3 is 20.6 Å². The summed E-state index contributed by atoms with van der Waals surface area (Å²) in [6, 6.07) is 13.8. The number of hydrogen-bond acceptors (Lipinski definition) is 4. The van der Waals surface area contributed by atoms with Crippen molar-refractivity contribution in [1.29, 1.82) is 0 Å². The SMILES string of the molecule is CCNC(=NCc1ccc(O)cc1)NC1CCN(c2cccc(C)n2)CC1. The number of rotatable bonds is 5. The van der Waals surface area contributed by atoms with Crippen LogP contribution in [0.5, 0.6) is 5.75 Å². The van der Waals surface area contributed by atoms with E-state index >= 15 is 0 Å². The molecule has 1 aromatic heterocycles. The Kier molecular flexibility index (Phi) is 6.52. The molecule has 6 heteroatoms. The van der Waals surface area contributed by atoms with E-state index in [0.717, 1.165) is 55.5 Å². The predicted octanol–water partition coefficient (Wildman–Crippen LogP) is 2.82. The van der Waals surface area contributed by atoms with Crippen molar-refractivity contribution in [1.82, 2.24) is 15.6 Å². The molecule has 3 N–H and O–H groups in total. The molecule has 0 radical (unpaired) electrons. The van der Waals surface area contributed by atoms with E-state index in [1.54, 1.807) is 12.1 Å². The molecule has 0 bridgehead atoms. The molecular weight excluding hydrogens is 338 g/mol. The van der Waals surface area contributed by atoms with Crippen LogP contribution in [0, 0.1) is 6.92 Å². The van der Waals surface area contributed by atoms with Gasteiger partial charge in [-0.25, -0.2) is 9.98 Å². The normalized spacial score (nSPS) is 15.6. The number of piperidine rings is 1. The molecule has 0 aliphatic carbocycles. The van der Waals surface area contributed by atoms with Crippen molar-refractivity contribution in [3.63, 3.8) is 0 Å². The number of guanidine groups is 1. The number of aromatic hydroxyl groups is 1. The van der Waals surface area contributed by atoms with E-state index in [4.69, 9.17) is 0 Å². The molecule has 0 unspecified atom stereocenters. The van der Waals surface area contributed by atoms with Crippen molar-refractivity contribution >= 4 is 11.8 Å². The van der Waals surface area contributed by atoms with E-state index in [0.29, 0.717) is 12.6 Å². The summed E-state index contributed by atoms with van der Waals surface area (Å²) in [5, 5.41) is 16.3. The quantitative estimate of drug-likeness (QED) is 0.560. The van der Waals surface area contributed by atoms with Crippen LogP contribution < -0.4 is 15.5 Å². The number of hydrogen-bond donors (Lipinski definition) is 3. The maximum atomic E-state index is 9.38. The van der Waals surface area contributed by atoms with Gasteiger partial charge in [-0.1, -0.05) is 18.2 Å². The fourth-order valence-corrected chi connectivity index (χ4v) is 3.24. The number of nitrogens with one attached hydrogen (secondary N) is 2. The summed E-state index contributed by atoms with van der Waals surface area (Å²) >= 11 is 0. The van der Waals surface area contributed by atoms with Gasteiger partial charge in [0.1, 0.15) is 11.6 Å². The molecule has 0 amide bonds. The zero-order chi connectivity index (χ0) is 19.1. The van der Waals surface area contributed by atoms with Crippen LogP contribution in [0.15, 0.2) is 47.5 Å². The maximum Gasteiger partial charge on any atom is 0.191 e. The number of benzene rings is 1. The summed E-state index contributed by atoms with van der Waals surface area (Å²) in [5.41, 5.74) is 2.13. The number of anilines is 1. The monoisotopic (exact) mass is 367 g/mol. The van der Waals surface area contributed by atoms with Crippen LogP contribution in [0.2, 0.25) is 0 Å². The summed E-state index contributed by atoms with van der Waals surface area (Å²) in [7, 11) is 0. The third-order valence-corrected chi connectivity index (χ3v) is 4.73. The molecule has 3 rings (SSSR count). The fourth-order valence-electron chi connectivity index (χ4n) is 3.24. The van der Waals surface area contributed by atoms with E-state index in [2.05, 4.69) is 44.6 Å². The van der Waals surface area contributed by atoms with Gasteiger partial charge in [0, 0.05) is 31.4 Å². The molecule has 1 aliphatic heterocycles. The first-order chi connectivity index (χ1) is 13.1. The van der Waals surface area contributed by atoms with E-state index in [9.17, 15) is 5.11 Å². The molecule has 1 aliphatic rings. The van der Waals surface area contributed by atoms with Crippen molar-refractivity contribution in [3.8, 4) is 5.75 Å². The first-order valence-electron chi connectivity index (χ1n) is 9.65. The lowest BCUT2D eigenvalue weighted by Crippen LogP contribution is -2.48. The number of phenols is 1. The zero-order valence-corrected chi connectivity index (χ0v) is 16.2. The smallest absolute Gasteiger partial charge is 0.191 e. The molecule has 1 fully saturated rings. The summed E-state index contributed by atoms with van der Waals surface area (Å²) in [6.45, 7) is 7.50. The average Bonchev–Trinajstić information content (AvgIpc) is 2.68. The van der Waals surface area contributed by atoms with Gasteiger partial charge in [0.15, 0.2) is 5.96 Å². The van der Waals surface area contributed by atoms with Crippen molar-refractivity contribution in [2.45, 2.75) is 39.3 Å². The predicted molar refractivity (Wildman–Crippen MR) is 110 cm³/mol. The Morgan fingerprint density at radius 2 is 1.93 bits per heavy atom. The number of phenolic OH excluding ortho intramolecular Hbond substituents is 1. The van der Waals surface area contributed by atoms with Crippen molar-refractivity contribution in [3.05, 3.63) is 53.7 Å². The maximum absolute atomic E-state index is 9.38. The Morgan fingerprint density at radius 1 is 1.19 bits per heavy atom. The van der Waals surface area contributed by atoms with E-state index in [-0.39, 0.29) is 5.75 Å². The van der Waals surface area contributed by atoms with Crippen LogP contribution in [0.4, 0.5) is 5.82 Å². The van der Waals surface area contributed by atoms with Gasteiger partial charge in [-0.3, -0.25) is 0 Å². The third kappa shape index (κ3) is 5.61. The summed E-state index contributed by atoms with van der Waals surface area (Å²) in [5.74, 6) is 2.20. The minimum absolute atomic E-state index is 0.280. The van der Waals surface area contributed by atoms with Gasteiger partial charge >= 0.3 is 0 Å². The van der Waals surface area contributed by atoms with Crippen molar-refractivity contribution in [2.24, 2.45) is 4.99 Å². The summed E-state index contributed by atoms with van der Waals surface area (Å²) in [4.78, 5) is 11.7. The lowest BCUT2D eigenvalue weighted by molar-refractivity contribution is 0.459. The van der Waals surface area contributed by atoms with Crippen LogP contribution >= 0.6 is 0 Å². The second kappa shape index (κ2) is 9.26. The number of pyridine rings is 1. The van der Waals surface area contributed by atoms with Gasteiger partial charge in [0.25, 0.3) is 0 Å². The second-order valence-corrected chi connectivity index (χ2v) is 6.90. The van der Waals surface area contributed by atoms with Crippen LogP contribution in [-0.4, -0.2) is 41.7 Å². The highest BCUT2D eigenvalue weighted by Crippen LogP contribution is 2.18. The third-order valence-electron chi connectivity index (χ3n) is 4.73. The van der Waals surface area contributed by atoms with Crippen molar-refractivity contribution in [2.75, 3.05) is 24.5 Å². The standard InChI is InChI=1S/C21H29N5O/c1-3-22-21(23-15-17-7-9-19(27)10-8-17)25-18-11-13-26(14-12-18)20-6-4-5-16(2)24-20/h4-10,18,27H,3,11-15H2,1-2H3,(H2,22,23,25). The first kappa shape index (κ1) is 19.0. The molecular formula is C21H29N5O. The lowest BCUT2D eigenvalue weighted by Gasteiger charge is -2.34. The first-order valence-corrected chi connectivity index (χ1v) is 9.65. The number of aliphatic imine (C=N–C) groups is 1. The Hall–Kier alpha value is -2.76. The van der Waals surface area contributed by atoms with Gasteiger partial charge in [-0.2, -0.15) is 0 Å². The van der Waals surface area contributed by atoms with E-state index < -0.39 is 0 Å². The topological polar surface area (TPSA) is 72.8 Å². The number of nitrogens with zero attached hydrogens (tertiary/aromatic N) is 3. The molecule has 144 valence electrons. The van der Waals surface area contributed by atoms with Crippen LogP contribution in [0.1, 0.15) is 31.0 Å². The molecule has 2 heterocycles. The molecule has 0 spiro atoms. The summed E-state index contributed by atoms with van der Waals surface area (Å²) in [6.07, 6.45) is 2.11. The molecule has 2 aromatic rings. The van der Waals surface area contributed by atoms with Gasteiger partial charge in [0.2, 0.25) is 0 Å². The molecule has 6 nitrogen and oxygen atoms in total. The lowest BCUT2D eigenvalue weighted by atomic mass is 10.1. The van der Waals surface area contributed by atoms with Gasteiger partial charge in [-0.05, 0) is 56.5 Å². The minimum Gasteiger partial charge on any atom is -0.508 e. The highest BCUT2D eigenvalue weighted by atomic mass is 16.3. The Balaban J connectivity index is 1.54. The molecule has 1 saturated heterocycles. The highest BCUT2D eigenvalue weighted by Gasteiger charge is 2.20. The molecule has 27 heavy (non-hydrogen) atoms. The Labute approximate surface area is 161 Å². The Bertz CT molecular complexity index is 751. The second-order valence-electron chi connectivity index (χ2n) is 6.90. The average molecular weight is 367 g/mol. The molecule has 0 saturated carbocycles. The van der Waals surface area contributed by atoms with Crippen LogP contribution in [-0.2, 0) is 6.54 Å². The zero-order valence-electron chi connectivity index (χ0n) is 16.2. The van der Waals surface area contributed by atoms with Gasteiger partial charge in [-0.15, -0.1) is 0 Å². The van der Waals surface area contributed by atoms with Crippen molar-refractivity contribution < 1.29 is 5.11 Å². The largest absolute Gasteiger partial charge is 0.508 e.